The van der Waals surface area contributed by atoms with Gasteiger partial charge in [0, 0.05) is 34.5 Å². The summed E-state index contributed by atoms with van der Waals surface area (Å²) in [4.78, 5) is 32.9. The summed E-state index contributed by atoms with van der Waals surface area (Å²) in [5, 5.41) is 13.5. The second-order valence-electron chi connectivity index (χ2n) is 10.3. The van der Waals surface area contributed by atoms with E-state index in [2.05, 4.69) is 9.97 Å². The summed E-state index contributed by atoms with van der Waals surface area (Å²) in [7, 11) is -3.92. The van der Waals surface area contributed by atoms with Crippen LogP contribution >= 0.6 is 0 Å². The molecule has 0 aliphatic carbocycles. The van der Waals surface area contributed by atoms with Crippen LogP contribution in [0.25, 0.3) is 22.2 Å². The number of hydrogen-bond acceptors (Lipinski definition) is 8. The Kier molecular flexibility index (Phi) is 9.17. The van der Waals surface area contributed by atoms with E-state index in [-0.39, 0.29) is 50.5 Å². The van der Waals surface area contributed by atoms with E-state index in [0.717, 1.165) is 30.5 Å². The number of aliphatic hydroxyl groups is 1. The second kappa shape index (κ2) is 12.4. The number of pyridine rings is 2. The number of rotatable bonds is 10. The maximum absolute atomic E-state index is 14.6. The number of benzene rings is 2. The Bertz CT molecular complexity index is 1900. The zero-order chi connectivity index (χ0) is 33.3. The van der Waals surface area contributed by atoms with Crippen molar-refractivity contribution < 1.29 is 45.4 Å². The standard InChI is InChI=1S/C30H28F4N4O6S/c1-4-44-27-19(13-24(35)39)12-23(38-26(27)17-5-7-21(31)8-6-17)29(41,30(32,33)34)15-37-28(40)20-10-18-9-16(2)14-36-25(18)22(11-20)45(3,42)43/h5-12,14,41H,4,13,15H2,1-3H3,(H2,35,39)(H,37,40)/t29-/m0/s1. The molecular weight excluding hydrogens is 620 g/mol. The molecule has 4 aromatic rings. The molecule has 0 aliphatic heterocycles. The molecule has 45 heavy (non-hydrogen) atoms. The van der Waals surface area contributed by atoms with Crippen molar-refractivity contribution in [3.05, 3.63) is 82.9 Å². The molecule has 15 heteroatoms. The lowest BCUT2D eigenvalue weighted by Crippen LogP contribution is -2.51. The van der Waals surface area contributed by atoms with Gasteiger partial charge in [-0.05, 0) is 67.9 Å². The fraction of sp³-hybridized carbons (Fsp3) is 0.267. The molecule has 0 saturated heterocycles. The molecule has 2 aromatic heterocycles. The predicted molar refractivity (Wildman–Crippen MR) is 156 cm³/mol. The Morgan fingerprint density at radius 1 is 1.09 bits per heavy atom. The Hall–Kier alpha value is -4.63. The summed E-state index contributed by atoms with van der Waals surface area (Å²) >= 11 is 0. The minimum absolute atomic E-state index is 0.0108. The molecule has 0 spiro atoms. The van der Waals surface area contributed by atoms with Gasteiger partial charge in [0.05, 0.1) is 35.7 Å². The first-order valence-corrected chi connectivity index (χ1v) is 15.2. The summed E-state index contributed by atoms with van der Waals surface area (Å²) in [6, 6.07) is 9.12. The second-order valence-corrected chi connectivity index (χ2v) is 12.3. The van der Waals surface area contributed by atoms with E-state index in [1.165, 1.54) is 24.4 Å². The Morgan fingerprint density at radius 3 is 2.33 bits per heavy atom. The first-order valence-electron chi connectivity index (χ1n) is 13.3. The summed E-state index contributed by atoms with van der Waals surface area (Å²) in [5.74, 6) is -2.80. The van der Waals surface area contributed by atoms with Crippen LogP contribution in [0.3, 0.4) is 0 Å². The zero-order valence-corrected chi connectivity index (χ0v) is 25.0. The van der Waals surface area contributed by atoms with Crippen LogP contribution in [0.1, 0.15) is 34.1 Å². The van der Waals surface area contributed by atoms with Crippen molar-refractivity contribution in [2.24, 2.45) is 5.73 Å². The molecule has 1 atom stereocenters. The third-order valence-corrected chi connectivity index (χ3v) is 7.88. The normalized spacial score (nSPS) is 13.3. The number of alkyl halides is 3. The van der Waals surface area contributed by atoms with E-state index >= 15 is 0 Å². The van der Waals surface area contributed by atoms with E-state index in [1.807, 2.05) is 5.32 Å². The topological polar surface area (TPSA) is 162 Å². The zero-order valence-electron chi connectivity index (χ0n) is 24.2. The number of nitrogens with two attached hydrogens (primary N) is 1. The van der Waals surface area contributed by atoms with Gasteiger partial charge in [0.1, 0.15) is 17.3 Å². The lowest BCUT2D eigenvalue weighted by atomic mass is 9.93. The largest absolute Gasteiger partial charge is 0.491 e. The molecule has 4 rings (SSSR count). The fourth-order valence-corrected chi connectivity index (χ4v) is 5.48. The average Bonchev–Trinajstić information content (AvgIpc) is 2.94. The molecule has 238 valence electrons. The van der Waals surface area contributed by atoms with Gasteiger partial charge < -0.3 is 20.9 Å². The molecule has 0 unspecified atom stereocenters. The number of aromatic nitrogens is 2. The predicted octanol–water partition coefficient (Wildman–Crippen LogP) is 3.75. The number of aryl methyl sites for hydroxylation is 1. The average molecular weight is 649 g/mol. The van der Waals surface area contributed by atoms with E-state index in [4.69, 9.17) is 10.5 Å². The van der Waals surface area contributed by atoms with Crippen LogP contribution in [0.2, 0.25) is 0 Å². The fourth-order valence-electron chi connectivity index (χ4n) is 4.61. The van der Waals surface area contributed by atoms with E-state index in [1.54, 1.807) is 19.9 Å². The highest BCUT2D eigenvalue weighted by atomic mass is 32.2. The quantitative estimate of drug-likeness (QED) is 0.219. The van der Waals surface area contributed by atoms with Crippen molar-refractivity contribution in [2.75, 3.05) is 19.4 Å². The number of hydrogen-bond donors (Lipinski definition) is 3. The van der Waals surface area contributed by atoms with Gasteiger partial charge in [0.2, 0.25) is 11.5 Å². The smallest absolute Gasteiger partial charge is 0.424 e. The minimum Gasteiger partial charge on any atom is -0.491 e. The van der Waals surface area contributed by atoms with Crippen molar-refractivity contribution in [3.8, 4) is 17.0 Å². The maximum atomic E-state index is 14.6. The molecule has 2 heterocycles. The highest BCUT2D eigenvalue weighted by Crippen LogP contribution is 2.42. The number of carbonyl (C=O) groups excluding carboxylic acids is 2. The molecule has 2 amide bonds. The van der Waals surface area contributed by atoms with Crippen LogP contribution in [0.4, 0.5) is 17.6 Å². The first-order chi connectivity index (χ1) is 20.9. The van der Waals surface area contributed by atoms with Crippen LogP contribution in [0.15, 0.2) is 59.6 Å². The number of carbonyl (C=O) groups is 2. The number of halogens is 4. The summed E-state index contributed by atoms with van der Waals surface area (Å²) in [6.45, 7) is 1.81. The van der Waals surface area contributed by atoms with Crippen molar-refractivity contribution >= 4 is 32.6 Å². The Morgan fingerprint density at radius 2 is 1.76 bits per heavy atom. The molecule has 0 radical (unpaired) electrons. The molecule has 10 nitrogen and oxygen atoms in total. The summed E-state index contributed by atoms with van der Waals surface area (Å²) in [5.41, 5.74) is 0.629. The highest BCUT2D eigenvalue weighted by molar-refractivity contribution is 7.91. The molecule has 0 aliphatic rings. The van der Waals surface area contributed by atoms with Crippen molar-refractivity contribution in [1.29, 1.82) is 0 Å². The lowest BCUT2D eigenvalue weighted by Gasteiger charge is -2.31. The molecular formula is C30H28F4N4O6S. The number of fused-ring (bicyclic) bond motifs is 1. The van der Waals surface area contributed by atoms with E-state index in [9.17, 15) is 40.7 Å². The van der Waals surface area contributed by atoms with Gasteiger partial charge in [0.15, 0.2) is 9.84 Å². The first kappa shape index (κ1) is 33.3. The maximum Gasteiger partial charge on any atom is 0.424 e. The van der Waals surface area contributed by atoms with Gasteiger partial charge in [0.25, 0.3) is 5.91 Å². The molecule has 2 aromatic carbocycles. The van der Waals surface area contributed by atoms with Gasteiger partial charge in [-0.25, -0.2) is 17.8 Å². The lowest BCUT2D eigenvalue weighted by molar-refractivity contribution is -0.265. The number of nitrogens with zero attached hydrogens (tertiary/aromatic N) is 2. The molecule has 4 N–H and O–H groups in total. The van der Waals surface area contributed by atoms with E-state index < -0.39 is 57.9 Å². The van der Waals surface area contributed by atoms with Gasteiger partial charge in [-0.1, -0.05) is 0 Å². The third-order valence-electron chi connectivity index (χ3n) is 6.76. The number of nitrogens with one attached hydrogen (secondary N) is 1. The number of ether oxygens (including phenoxy) is 1. The van der Waals surface area contributed by atoms with Crippen LogP contribution in [0.5, 0.6) is 5.75 Å². The van der Waals surface area contributed by atoms with E-state index in [0.29, 0.717) is 5.56 Å². The van der Waals surface area contributed by atoms with Crippen LogP contribution in [-0.4, -0.2) is 60.9 Å². The van der Waals surface area contributed by atoms with Gasteiger partial charge in [-0.15, -0.1) is 0 Å². The minimum atomic E-state index is -5.44. The summed E-state index contributed by atoms with van der Waals surface area (Å²) < 4.78 is 88.1. The third kappa shape index (κ3) is 7.04. The SMILES string of the molecule is CCOc1c(CC(N)=O)cc([C@@](O)(CNC(=O)c2cc(S(C)(=O)=O)c3ncc(C)cc3c2)C(F)(F)F)nc1-c1ccc(F)cc1. The number of sulfone groups is 1. The van der Waals surface area contributed by atoms with Gasteiger partial charge in [-0.3, -0.25) is 14.6 Å². The summed E-state index contributed by atoms with van der Waals surface area (Å²) in [6.07, 6.45) is -3.71. The Balaban J connectivity index is 1.83. The monoisotopic (exact) mass is 648 g/mol. The number of primary amides is 1. The molecule has 0 saturated carbocycles. The molecule has 0 bridgehead atoms. The Labute approximate surface area is 255 Å². The highest BCUT2D eigenvalue weighted by Gasteiger charge is 2.56. The van der Waals surface area contributed by atoms with Crippen LogP contribution < -0.4 is 15.8 Å². The van der Waals surface area contributed by atoms with Crippen LogP contribution in [0, 0.1) is 12.7 Å². The van der Waals surface area contributed by atoms with Crippen molar-refractivity contribution in [2.45, 2.75) is 36.9 Å². The van der Waals surface area contributed by atoms with Crippen molar-refractivity contribution in [3.63, 3.8) is 0 Å². The van der Waals surface area contributed by atoms with Gasteiger partial charge >= 0.3 is 6.18 Å². The van der Waals surface area contributed by atoms with Gasteiger partial charge in [-0.2, -0.15) is 13.2 Å². The van der Waals surface area contributed by atoms with Crippen LogP contribution in [-0.2, 0) is 26.7 Å². The molecule has 0 fully saturated rings. The van der Waals surface area contributed by atoms with Crippen molar-refractivity contribution in [1.82, 2.24) is 15.3 Å². The number of amides is 2.